The lowest BCUT2D eigenvalue weighted by Gasteiger charge is -2.12. The number of esters is 1. The van der Waals surface area contributed by atoms with Crippen LogP contribution in [0.1, 0.15) is 28.5 Å². The number of hydrogen-bond acceptors (Lipinski definition) is 3. The Labute approximate surface area is 176 Å². The molecular weight excluding hydrogens is 374 g/mol. The van der Waals surface area contributed by atoms with Crippen LogP contribution in [0.25, 0.3) is 22.0 Å². The fourth-order valence-electron chi connectivity index (χ4n) is 3.92. The number of benzene rings is 3. The lowest BCUT2D eigenvalue weighted by Crippen LogP contribution is -2.14. The minimum absolute atomic E-state index is 0.313. The van der Waals surface area contributed by atoms with E-state index in [9.17, 15) is 4.79 Å². The van der Waals surface area contributed by atoms with Gasteiger partial charge >= 0.3 is 5.97 Å². The van der Waals surface area contributed by atoms with Crippen molar-refractivity contribution in [3.63, 3.8) is 0 Å². The smallest absolute Gasteiger partial charge is 0.355 e. The molecule has 0 saturated carbocycles. The molecule has 0 aliphatic rings. The summed E-state index contributed by atoms with van der Waals surface area (Å²) in [5.74, 6) is 0.465. The number of carbonyl (C=O) groups excluding carboxylic acids is 1. The van der Waals surface area contributed by atoms with Gasteiger partial charge in [-0.15, -0.1) is 0 Å². The largest absolute Gasteiger partial charge is 0.497 e. The topological polar surface area (TPSA) is 40.5 Å². The molecule has 4 aromatic rings. The molecular formula is C26H25NO3. The van der Waals surface area contributed by atoms with Crippen LogP contribution in [-0.4, -0.2) is 24.3 Å². The van der Waals surface area contributed by atoms with Crippen molar-refractivity contribution in [2.75, 3.05) is 13.7 Å². The molecule has 0 radical (unpaired) electrons. The number of aryl methyl sites for hydroxylation is 1. The first-order valence-corrected chi connectivity index (χ1v) is 10.1. The molecule has 4 rings (SSSR count). The fraction of sp³-hybridized carbons (Fsp3) is 0.192. The summed E-state index contributed by atoms with van der Waals surface area (Å²) in [6.45, 7) is 4.82. The van der Waals surface area contributed by atoms with Crippen LogP contribution in [0.3, 0.4) is 0 Å². The summed E-state index contributed by atoms with van der Waals surface area (Å²) in [4.78, 5) is 13.1. The lowest BCUT2D eigenvalue weighted by atomic mass is 10.0. The van der Waals surface area contributed by atoms with Gasteiger partial charge in [0.2, 0.25) is 0 Å². The van der Waals surface area contributed by atoms with Gasteiger partial charge in [0.1, 0.15) is 11.4 Å². The maximum atomic E-state index is 13.1. The first-order valence-electron chi connectivity index (χ1n) is 10.1. The highest BCUT2D eigenvalue weighted by atomic mass is 16.5. The Morgan fingerprint density at radius 3 is 2.43 bits per heavy atom. The molecule has 0 spiro atoms. The van der Waals surface area contributed by atoms with Gasteiger partial charge in [0.15, 0.2) is 0 Å². The third kappa shape index (κ3) is 3.69. The van der Waals surface area contributed by atoms with Crippen molar-refractivity contribution in [3.05, 3.63) is 89.6 Å². The molecule has 0 unspecified atom stereocenters. The van der Waals surface area contributed by atoms with Gasteiger partial charge < -0.3 is 14.0 Å². The molecule has 0 amide bonds. The lowest BCUT2D eigenvalue weighted by molar-refractivity contribution is 0.0516. The summed E-state index contributed by atoms with van der Waals surface area (Å²) in [7, 11) is 1.65. The predicted molar refractivity (Wildman–Crippen MR) is 120 cm³/mol. The Hall–Kier alpha value is -3.53. The molecule has 30 heavy (non-hydrogen) atoms. The fourth-order valence-corrected chi connectivity index (χ4v) is 3.92. The molecule has 1 aromatic heterocycles. The number of rotatable bonds is 6. The monoisotopic (exact) mass is 399 g/mol. The van der Waals surface area contributed by atoms with Crippen molar-refractivity contribution in [2.24, 2.45) is 0 Å². The number of methoxy groups -OCH3 is 1. The van der Waals surface area contributed by atoms with E-state index in [4.69, 9.17) is 9.47 Å². The summed E-state index contributed by atoms with van der Waals surface area (Å²) in [6.07, 6.45) is 0. The third-order valence-electron chi connectivity index (χ3n) is 5.24. The zero-order valence-electron chi connectivity index (χ0n) is 17.5. The predicted octanol–water partition coefficient (Wildman–Crippen LogP) is 5.85. The number of ether oxygens (including phenoxy) is 2. The van der Waals surface area contributed by atoms with Gasteiger partial charge in [-0.3, -0.25) is 0 Å². The maximum absolute atomic E-state index is 13.1. The first kappa shape index (κ1) is 19.8. The zero-order valence-corrected chi connectivity index (χ0v) is 17.5. The average molecular weight is 399 g/mol. The first-order chi connectivity index (χ1) is 14.6. The molecule has 1 heterocycles. The maximum Gasteiger partial charge on any atom is 0.355 e. The summed E-state index contributed by atoms with van der Waals surface area (Å²) in [5, 5.41) is 1.03. The molecule has 0 bridgehead atoms. The van der Waals surface area contributed by atoms with Crippen LogP contribution in [0.2, 0.25) is 0 Å². The Balaban J connectivity index is 1.97. The summed E-state index contributed by atoms with van der Waals surface area (Å²) in [6, 6.07) is 24.3. The van der Waals surface area contributed by atoms with Gasteiger partial charge in [0.05, 0.1) is 13.7 Å². The molecule has 0 fully saturated rings. The molecule has 4 heteroatoms. The van der Waals surface area contributed by atoms with Crippen molar-refractivity contribution >= 4 is 16.9 Å². The molecule has 3 aromatic carbocycles. The van der Waals surface area contributed by atoms with E-state index in [1.807, 2.05) is 49.4 Å². The highest BCUT2D eigenvalue weighted by molar-refractivity contribution is 6.08. The second kappa shape index (κ2) is 8.46. The third-order valence-corrected chi connectivity index (χ3v) is 5.24. The standard InChI is InChI=1S/C26H25NO3/c1-4-30-26(28)25-24(20-12-14-21(29-3)15-13-20)22-10-5-6-11-23(22)27(25)17-19-9-7-8-18(2)16-19/h5-16H,4,17H2,1-3H3. The molecule has 152 valence electrons. The van der Waals surface area contributed by atoms with Gasteiger partial charge in [-0.2, -0.15) is 0 Å². The Morgan fingerprint density at radius 1 is 0.967 bits per heavy atom. The quantitative estimate of drug-likeness (QED) is 0.382. The minimum atomic E-state index is -0.313. The van der Waals surface area contributed by atoms with Crippen LogP contribution in [-0.2, 0) is 11.3 Å². The molecule has 4 nitrogen and oxygen atoms in total. The molecule has 0 aliphatic carbocycles. The Bertz CT molecular complexity index is 1190. The van der Waals surface area contributed by atoms with Gasteiger partial charge in [0, 0.05) is 23.0 Å². The number of hydrogen-bond donors (Lipinski definition) is 0. The van der Waals surface area contributed by atoms with E-state index < -0.39 is 0 Å². The second-order valence-electron chi connectivity index (χ2n) is 7.26. The van der Waals surface area contributed by atoms with E-state index in [2.05, 4.69) is 41.8 Å². The number of para-hydroxylation sites is 1. The van der Waals surface area contributed by atoms with E-state index in [1.54, 1.807) is 7.11 Å². The van der Waals surface area contributed by atoms with Crippen LogP contribution in [0.5, 0.6) is 5.75 Å². The molecule has 0 N–H and O–H groups in total. The Kier molecular flexibility index (Phi) is 5.57. The SMILES string of the molecule is CCOC(=O)c1c(-c2ccc(OC)cc2)c2ccccc2n1Cc1cccc(C)c1. The van der Waals surface area contributed by atoms with Crippen molar-refractivity contribution in [2.45, 2.75) is 20.4 Å². The van der Waals surface area contributed by atoms with Crippen LogP contribution < -0.4 is 4.74 Å². The van der Waals surface area contributed by atoms with E-state index in [-0.39, 0.29) is 5.97 Å². The minimum Gasteiger partial charge on any atom is -0.497 e. The summed E-state index contributed by atoms with van der Waals surface area (Å²) < 4.78 is 12.9. The van der Waals surface area contributed by atoms with Crippen molar-refractivity contribution < 1.29 is 14.3 Å². The van der Waals surface area contributed by atoms with Crippen molar-refractivity contribution in [1.29, 1.82) is 0 Å². The van der Waals surface area contributed by atoms with Gasteiger partial charge in [0.25, 0.3) is 0 Å². The molecule has 0 atom stereocenters. The van der Waals surface area contributed by atoms with Crippen LogP contribution in [0, 0.1) is 6.92 Å². The van der Waals surface area contributed by atoms with E-state index in [0.29, 0.717) is 18.8 Å². The van der Waals surface area contributed by atoms with Crippen molar-refractivity contribution in [1.82, 2.24) is 4.57 Å². The second-order valence-corrected chi connectivity index (χ2v) is 7.26. The Morgan fingerprint density at radius 2 is 1.73 bits per heavy atom. The van der Waals surface area contributed by atoms with Crippen LogP contribution >= 0.6 is 0 Å². The number of nitrogens with zero attached hydrogens (tertiary/aromatic N) is 1. The average Bonchev–Trinajstić information content (AvgIpc) is 3.08. The van der Waals surface area contributed by atoms with E-state index in [0.717, 1.165) is 33.3 Å². The van der Waals surface area contributed by atoms with E-state index in [1.165, 1.54) is 5.56 Å². The van der Waals surface area contributed by atoms with Gasteiger partial charge in [-0.05, 0) is 43.2 Å². The summed E-state index contributed by atoms with van der Waals surface area (Å²) >= 11 is 0. The normalized spacial score (nSPS) is 10.9. The molecule has 0 aliphatic heterocycles. The zero-order chi connectivity index (χ0) is 21.1. The number of fused-ring (bicyclic) bond motifs is 1. The number of carbonyl (C=O) groups is 1. The van der Waals surface area contributed by atoms with E-state index >= 15 is 0 Å². The van der Waals surface area contributed by atoms with Crippen molar-refractivity contribution in [3.8, 4) is 16.9 Å². The highest BCUT2D eigenvalue weighted by Gasteiger charge is 2.25. The van der Waals surface area contributed by atoms with Gasteiger partial charge in [-0.25, -0.2) is 4.79 Å². The summed E-state index contributed by atoms with van der Waals surface area (Å²) in [5.41, 5.74) is 5.76. The molecule has 0 saturated heterocycles. The van der Waals surface area contributed by atoms with Crippen LogP contribution in [0.4, 0.5) is 0 Å². The van der Waals surface area contributed by atoms with Crippen LogP contribution in [0.15, 0.2) is 72.8 Å². The van der Waals surface area contributed by atoms with Gasteiger partial charge in [-0.1, -0.05) is 60.2 Å². The number of aromatic nitrogens is 1. The highest BCUT2D eigenvalue weighted by Crippen LogP contribution is 2.36.